The van der Waals surface area contributed by atoms with Crippen LogP contribution in [0, 0.1) is 0 Å². The number of carboxylic acid groups (broad SMARTS) is 1. The van der Waals surface area contributed by atoms with Crippen LogP contribution in [0.2, 0.25) is 0 Å². The van der Waals surface area contributed by atoms with Crippen molar-refractivity contribution in [2.75, 3.05) is 18.4 Å². The van der Waals surface area contributed by atoms with Gasteiger partial charge in [0.1, 0.15) is 24.9 Å². The van der Waals surface area contributed by atoms with Crippen molar-refractivity contribution in [3.63, 3.8) is 0 Å². The fourth-order valence-electron chi connectivity index (χ4n) is 3.39. The molecule has 0 aliphatic carbocycles. The van der Waals surface area contributed by atoms with Crippen LogP contribution in [0.1, 0.15) is 39.4 Å². The third-order valence-electron chi connectivity index (χ3n) is 5.05. The number of aliphatic carboxylic acids is 1. The highest BCUT2D eigenvalue weighted by molar-refractivity contribution is 5.83. The standard InChI is InChI=1S/C24H29N7O8/c1-14(32)30(11-17(33)34)10-16(26-23(37)39-24(2,3)4)31-13-25-18-19(31)27-21(28-20(18)35)29-22(36)38-12-15-8-6-5-7-9-15/h5-9,13,16H,10-12H2,1-4H3,(H,26,37)(H,33,34)(H2,27,28,29,35,36). The van der Waals surface area contributed by atoms with Gasteiger partial charge in [-0.15, -0.1) is 0 Å². The number of anilines is 1. The Hall–Kier alpha value is -4.95. The lowest BCUT2D eigenvalue weighted by Crippen LogP contribution is -2.45. The van der Waals surface area contributed by atoms with E-state index in [0.717, 1.165) is 10.5 Å². The van der Waals surface area contributed by atoms with Crippen LogP contribution in [-0.4, -0.2) is 72.3 Å². The van der Waals surface area contributed by atoms with E-state index in [1.807, 2.05) is 6.07 Å². The van der Waals surface area contributed by atoms with Gasteiger partial charge in [0.2, 0.25) is 11.9 Å². The number of fused-ring (bicyclic) bond motifs is 1. The second-order valence-electron chi connectivity index (χ2n) is 9.38. The van der Waals surface area contributed by atoms with Crippen molar-refractivity contribution < 1.29 is 33.8 Å². The average molecular weight is 544 g/mol. The summed E-state index contributed by atoms with van der Waals surface area (Å²) in [5.41, 5.74) is -1.03. The largest absolute Gasteiger partial charge is 0.480 e. The Morgan fingerprint density at radius 3 is 2.46 bits per heavy atom. The van der Waals surface area contributed by atoms with Crippen molar-refractivity contribution in [2.24, 2.45) is 0 Å². The zero-order chi connectivity index (χ0) is 28.7. The lowest BCUT2D eigenvalue weighted by molar-refractivity contribution is -0.144. The van der Waals surface area contributed by atoms with Gasteiger partial charge in [0.15, 0.2) is 11.2 Å². The van der Waals surface area contributed by atoms with Crippen molar-refractivity contribution in [2.45, 2.75) is 46.1 Å². The van der Waals surface area contributed by atoms with Crippen LogP contribution in [0.5, 0.6) is 0 Å². The fourth-order valence-corrected chi connectivity index (χ4v) is 3.39. The first-order valence-electron chi connectivity index (χ1n) is 11.7. The first-order valence-corrected chi connectivity index (χ1v) is 11.7. The summed E-state index contributed by atoms with van der Waals surface area (Å²) in [6, 6.07) is 8.93. The van der Waals surface area contributed by atoms with E-state index in [4.69, 9.17) is 9.47 Å². The fraction of sp³-hybridized carbons (Fsp3) is 0.375. The van der Waals surface area contributed by atoms with E-state index in [0.29, 0.717) is 0 Å². The van der Waals surface area contributed by atoms with Crippen LogP contribution in [0.4, 0.5) is 15.5 Å². The van der Waals surface area contributed by atoms with E-state index in [-0.39, 0.29) is 30.3 Å². The molecule has 0 saturated carbocycles. The van der Waals surface area contributed by atoms with Crippen LogP contribution in [0.15, 0.2) is 41.5 Å². The molecule has 39 heavy (non-hydrogen) atoms. The summed E-state index contributed by atoms with van der Waals surface area (Å²) in [5.74, 6) is -2.11. The highest BCUT2D eigenvalue weighted by Gasteiger charge is 2.27. The molecule has 4 N–H and O–H groups in total. The minimum absolute atomic E-state index is 0.0244. The summed E-state index contributed by atoms with van der Waals surface area (Å²) in [6.45, 7) is 5.11. The summed E-state index contributed by atoms with van der Waals surface area (Å²) in [7, 11) is 0. The molecule has 0 radical (unpaired) electrons. The van der Waals surface area contributed by atoms with Gasteiger partial charge in [-0.3, -0.25) is 34.6 Å². The Bertz CT molecular complexity index is 1410. The Labute approximate surface area is 222 Å². The molecule has 0 saturated heterocycles. The Kier molecular flexibility index (Phi) is 8.85. The zero-order valence-corrected chi connectivity index (χ0v) is 21.8. The molecule has 1 atom stereocenters. The Morgan fingerprint density at radius 1 is 1.15 bits per heavy atom. The molecule has 1 unspecified atom stereocenters. The smallest absolute Gasteiger partial charge is 0.414 e. The number of hydrogen-bond acceptors (Lipinski definition) is 9. The van der Waals surface area contributed by atoms with Crippen molar-refractivity contribution in [1.29, 1.82) is 0 Å². The van der Waals surface area contributed by atoms with Crippen molar-refractivity contribution in [1.82, 2.24) is 29.7 Å². The molecule has 3 amide bonds. The molecule has 15 heteroatoms. The van der Waals surface area contributed by atoms with Gasteiger partial charge in [-0.1, -0.05) is 30.3 Å². The Morgan fingerprint density at radius 2 is 1.85 bits per heavy atom. The molecule has 208 valence electrons. The highest BCUT2D eigenvalue weighted by Crippen LogP contribution is 2.16. The molecule has 0 aliphatic rings. The van der Waals surface area contributed by atoms with Gasteiger partial charge in [0, 0.05) is 6.92 Å². The van der Waals surface area contributed by atoms with Crippen LogP contribution in [-0.2, 0) is 25.7 Å². The monoisotopic (exact) mass is 543 g/mol. The van der Waals surface area contributed by atoms with E-state index in [9.17, 15) is 29.1 Å². The normalized spacial score (nSPS) is 11.9. The number of nitrogens with zero attached hydrogens (tertiary/aromatic N) is 4. The number of amides is 3. The molecular formula is C24H29N7O8. The third kappa shape index (κ3) is 8.28. The second-order valence-corrected chi connectivity index (χ2v) is 9.38. The van der Waals surface area contributed by atoms with Crippen molar-refractivity contribution in [3.05, 3.63) is 52.6 Å². The van der Waals surface area contributed by atoms with Gasteiger partial charge in [-0.25, -0.2) is 14.6 Å². The van der Waals surface area contributed by atoms with Gasteiger partial charge in [0.25, 0.3) is 5.56 Å². The summed E-state index contributed by atoms with van der Waals surface area (Å²) in [5, 5.41) is 14.1. The lowest BCUT2D eigenvalue weighted by atomic mass is 10.2. The van der Waals surface area contributed by atoms with E-state index in [2.05, 4.69) is 25.6 Å². The Balaban J connectivity index is 1.91. The van der Waals surface area contributed by atoms with E-state index >= 15 is 0 Å². The number of aromatic nitrogens is 4. The van der Waals surface area contributed by atoms with E-state index in [1.54, 1.807) is 45.0 Å². The van der Waals surface area contributed by atoms with Gasteiger partial charge >= 0.3 is 18.2 Å². The minimum Gasteiger partial charge on any atom is -0.480 e. The molecule has 2 aromatic heterocycles. The first-order chi connectivity index (χ1) is 18.3. The summed E-state index contributed by atoms with van der Waals surface area (Å²) < 4.78 is 11.7. The number of aromatic amines is 1. The maximum atomic E-state index is 12.7. The second kappa shape index (κ2) is 12.1. The van der Waals surface area contributed by atoms with Crippen LogP contribution >= 0.6 is 0 Å². The molecule has 0 fully saturated rings. The highest BCUT2D eigenvalue weighted by atomic mass is 16.6. The molecule has 1 aromatic carbocycles. The number of hydrogen-bond donors (Lipinski definition) is 4. The summed E-state index contributed by atoms with van der Waals surface area (Å²) in [6.07, 6.45) is -1.73. The SMILES string of the molecule is CC(=O)N(CC(=O)O)CC(NC(=O)OC(C)(C)C)n1cnc2c(=O)[nH]c(NC(=O)OCc3ccccc3)nc21. The maximum absolute atomic E-state index is 12.7. The quantitative estimate of drug-likeness (QED) is 0.309. The zero-order valence-electron chi connectivity index (χ0n) is 21.8. The molecule has 15 nitrogen and oxygen atoms in total. The predicted octanol–water partition coefficient (Wildman–Crippen LogP) is 1.82. The predicted molar refractivity (Wildman–Crippen MR) is 137 cm³/mol. The molecular weight excluding hydrogens is 514 g/mol. The molecule has 0 bridgehead atoms. The van der Waals surface area contributed by atoms with Gasteiger partial charge < -0.3 is 19.5 Å². The van der Waals surface area contributed by atoms with E-state index < -0.39 is 47.9 Å². The third-order valence-corrected chi connectivity index (χ3v) is 5.05. The topological polar surface area (TPSA) is 198 Å². The average Bonchev–Trinajstić information content (AvgIpc) is 3.25. The number of nitrogens with one attached hydrogen (secondary N) is 3. The number of imidazole rings is 1. The lowest BCUT2D eigenvalue weighted by Gasteiger charge is -2.28. The van der Waals surface area contributed by atoms with Gasteiger partial charge in [-0.2, -0.15) is 4.98 Å². The molecule has 0 spiro atoms. The summed E-state index contributed by atoms with van der Waals surface area (Å²) in [4.78, 5) is 72.6. The number of rotatable bonds is 9. The van der Waals surface area contributed by atoms with Crippen LogP contribution in [0.25, 0.3) is 11.2 Å². The van der Waals surface area contributed by atoms with E-state index in [1.165, 1.54) is 17.8 Å². The van der Waals surface area contributed by atoms with Gasteiger partial charge in [-0.05, 0) is 26.3 Å². The number of alkyl carbamates (subject to hydrolysis) is 1. The molecule has 2 heterocycles. The van der Waals surface area contributed by atoms with Crippen LogP contribution < -0.4 is 16.2 Å². The minimum atomic E-state index is -1.27. The first kappa shape index (κ1) is 28.6. The number of carbonyl (C=O) groups excluding carboxylic acids is 3. The molecule has 3 aromatic rings. The number of H-pyrrole nitrogens is 1. The van der Waals surface area contributed by atoms with Crippen LogP contribution in [0.3, 0.4) is 0 Å². The molecule has 3 rings (SSSR count). The number of carbonyl (C=O) groups is 4. The van der Waals surface area contributed by atoms with Gasteiger partial charge in [0.05, 0.1) is 12.9 Å². The van der Waals surface area contributed by atoms with Crippen molar-refractivity contribution in [3.8, 4) is 0 Å². The number of benzene rings is 1. The number of ether oxygens (including phenoxy) is 2. The summed E-state index contributed by atoms with van der Waals surface area (Å²) >= 11 is 0. The van der Waals surface area contributed by atoms with Crippen molar-refractivity contribution >= 4 is 41.2 Å². The number of carboxylic acids is 1. The molecule has 0 aliphatic heterocycles. The maximum Gasteiger partial charge on any atom is 0.414 e.